The molecule has 0 heteroatoms. The highest BCUT2D eigenvalue weighted by Gasteiger charge is 1.56. The van der Waals surface area contributed by atoms with Crippen molar-refractivity contribution < 1.29 is 2.74 Å². The van der Waals surface area contributed by atoms with E-state index in [0.717, 1.165) is 12.8 Å². The largest absolute Gasteiger partial charge is 0.0776 e. The zero-order chi connectivity index (χ0) is 8.57. The van der Waals surface area contributed by atoms with Gasteiger partial charge in [-0.25, -0.2) is 0 Å². The van der Waals surface area contributed by atoms with Gasteiger partial charge in [0.25, 0.3) is 0 Å². The highest BCUT2D eigenvalue weighted by molar-refractivity contribution is 4.13. The van der Waals surface area contributed by atoms with Crippen LogP contribution in [0.2, 0.25) is 0 Å². The molecule has 2 atom stereocenters. The summed E-state index contributed by atoms with van der Waals surface area (Å²) >= 11 is 0. The Kier molecular flexibility index (Phi) is 24.5. The Morgan fingerprint density at radius 2 is 1.00 bits per heavy atom. The maximum Gasteiger partial charge on any atom is 0.0264 e. The quantitative estimate of drug-likeness (QED) is 0.529. The molecule has 0 fully saturated rings. The van der Waals surface area contributed by atoms with E-state index >= 15 is 0 Å². The molecule has 0 aliphatic carbocycles. The highest BCUT2D eigenvalue weighted by Crippen LogP contribution is 1.77. The Balaban J connectivity index is -0.000000107. The maximum atomic E-state index is 6.83. The lowest BCUT2D eigenvalue weighted by Gasteiger charge is -1.68. The molecule has 0 aliphatic rings. The van der Waals surface area contributed by atoms with Gasteiger partial charge in [-0.15, -0.1) is 0 Å². The molecule has 0 N–H and O–H groups in total. The molecule has 0 spiro atoms. The molecule has 0 nitrogen and oxygen atoms in total. The van der Waals surface area contributed by atoms with Crippen molar-refractivity contribution in [2.24, 2.45) is 0 Å². The molecule has 0 aromatic heterocycles. The Labute approximate surface area is 64.5 Å². The van der Waals surface area contributed by atoms with Crippen LogP contribution < -0.4 is 0 Å². The molecule has 0 bridgehead atoms. The minimum absolute atomic E-state index is 0. The molecular formula is C9H24. The average Bonchev–Trinajstić information content (AvgIpc) is 1.89. The van der Waals surface area contributed by atoms with Crippen LogP contribution in [0.15, 0.2) is 0 Å². The van der Waals surface area contributed by atoms with E-state index in [0.29, 0.717) is 0 Å². The first-order chi connectivity index (χ1) is 4.54. The van der Waals surface area contributed by atoms with E-state index in [1.54, 1.807) is 0 Å². The molecular weight excluding hydrogens is 108 g/mol. The first-order valence-corrected chi connectivity index (χ1v) is 3.39. The molecule has 0 aromatic rings. The fraction of sp³-hybridized carbons (Fsp3) is 1.00. The molecule has 60 valence electrons. The van der Waals surface area contributed by atoms with E-state index in [-0.39, 0.29) is 20.2 Å². The van der Waals surface area contributed by atoms with Gasteiger partial charge in [0, 0.05) is 2.74 Å². The second-order valence-electron chi connectivity index (χ2n) is 1.63. The molecule has 0 aromatic carbocycles. The van der Waals surface area contributed by atoms with Crippen LogP contribution in [0.4, 0.5) is 0 Å². The average molecular weight is 134 g/mol. The molecule has 0 rings (SSSR count). The topological polar surface area (TPSA) is 0 Å². The van der Waals surface area contributed by atoms with Crippen LogP contribution in [0.5, 0.6) is 0 Å². The third-order valence-electron chi connectivity index (χ3n) is 0.816. The zero-order valence-electron chi connectivity index (χ0n) is 8.57. The van der Waals surface area contributed by atoms with Gasteiger partial charge in [-0.1, -0.05) is 60.8 Å². The molecule has 0 radical (unpaired) electrons. The van der Waals surface area contributed by atoms with E-state index in [2.05, 4.69) is 0 Å². The van der Waals surface area contributed by atoms with Crippen LogP contribution in [0, 0.1) is 0 Å². The summed E-state index contributed by atoms with van der Waals surface area (Å²) in [6.45, 7) is 7.80. The predicted octanol–water partition coefficient (Wildman–Crippen LogP) is 4.25. The second kappa shape index (κ2) is 24.5. The lowest BCUT2D eigenvalue weighted by molar-refractivity contribution is 0.886. The second-order valence-corrected chi connectivity index (χ2v) is 1.63. The standard InChI is InChI=1S/2C4H10.CH4/c2*1-3-4-2;/h2*3-4H2,1-2H3;1H4/i2*3D;. The van der Waals surface area contributed by atoms with Gasteiger partial charge in [-0.3, -0.25) is 0 Å². The summed E-state index contributed by atoms with van der Waals surface area (Å²) in [7, 11) is 0. The van der Waals surface area contributed by atoms with Crippen molar-refractivity contribution in [3.8, 4) is 0 Å². The van der Waals surface area contributed by atoms with Gasteiger partial charge in [0.15, 0.2) is 0 Å². The van der Waals surface area contributed by atoms with Crippen molar-refractivity contribution in [1.29, 1.82) is 0 Å². The summed E-state index contributed by atoms with van der Waals surface area (Å²) in [5, 5.41) is 0. The van der Waals surface area contributed by atoms with Crippen molar-refractivity contribution in [3.63, 3.8) is 0 Å². The van der Waals surface area contributed by atoms with Crippen molar-refractivity contribution in [2.45, 2.75) is 60.8 Å². The maximum absolute atomic E-state index is 6.83. The fourth-order valence-corrected chi connectivity index (χ4v) is 0. The van der Waals surface area contributed by atoms with Crippen molar-refractivity contribution >= 4 is 0 Å². The van der Waals surface area contributed by atoms with Gasteiger partial charge in [0.05, 0.1) is 0 Å². The van der Waals surface area contributed by atoms with Crippen molar-refractivity contribution in [3.05, 3.63) is 0 Å². The van der Waals surface area contributed by atoms with E-state index < -0.39 is 0 Å². The Hall–Kier alpha value is 0. The molecule has 0 heterocycles. The van der Waals surface area contributed by atoms with E-state index in [4.69, 9.17) is 2.74 Å². The molecule has 0 amide bonds. The Bertz CT molecular complexity index is 43.5. The number of hydrogen-bond donors (Lipinski definition) is 0. The lowest BCUT2D eigenvalue weighted by atomic mass is 10.4. The van der Waals surface area contributed by atoms with Crippen LogP contribution in [0.25, 0.3) is 0 Å². The summed E-state index contributed by atoms with van der Waals surface area (Å²) in [5.41, 5.74) is 0. The molecule has 0 saturated carbocycles. The summed E-state index contributed by atoms with van der Waals surface area (Å²) in [6, 6.07) is 0. The van der Waals surface area contributed by atoms with Crippen LogP contribution in [-0.4, -0.2) is 0 Å². The van der Waals surface area contributed by atoms with Crippen LogP contribution >= 0.6 is 0 Å². The minimum atomic E-state index is 0. The third kappa shape index (κ3) is 72.0. The van der Waals surface area contributed by atoms with Gasteiger partial charge in [-0.2, -0.15) is 0 Å². The van der Waals surface area contributed by atoms with E-state index in [1.807, 2.05) is 27.7 Å². The lowest BCUT2D eigenvalue weighted by Crippen LogP contribution is -1.47. The van der Waals surface area contributed by atoms with Gasteiger partial charge in [-0.05, 0) is 0 Å². The fourth-order valence-electron chi connectivity index (χ4n) is 0. The van der Waals surface area contributed by atoms with E-state index in [1.165, 1.54) is 0 Å². The first kappa shape index (κ1) is 9.00. The van der Waals surface area contributed by atoms with Gasteiger partial charge in [0.1, 0.15) is 0 Å². The smallest absolute Gasteiger partial charge is 0.0264 e. The molecule has 0 aliphatic heterocycles. The monoisotopic (exact) mass is 134 g/mol. The van der Waals surface area contributed by atoms with E-state index in [9.17, 15) is 0 Å². The highest BCUT2D eigenvalue weighted by atomic mass is 13.6. The molecule has 9 heavy (non-hydrogen) atoms. The Morgan fingerprint density at radius 3 is 1.00 bits per heavy atom. The van der Waals surface area contributed by atoms with Crippen LogP contribution in [0.3, 0.4) is 0 Å². The summed E-state index contributed by atoms with van der Waals surface area (Å²) in [5.74, 6) is 0. The normalized spacial score (nSPS) is 16.9. The molecule has 0 saturated heterocycles. The zero-order valence-corrected chi connectivity index (χ0v) is 6.57. The Morgan fingerprint density at radius 1 is 0.889 bits per heavy atom. The van der Waals surface area contributed by atoms with Gasteiger partial charge < -0.3 is 0 Å². The number of rotatable bonds is 2. The van der Waals surface area contributed by atoms with Crippen LogP contribution in [-0.2, 0) is 0 Å². The van der Waals surface area contributed by atoms with Crippen molar-refractivity contribution in [2.75, 3.05) is 0 Å². The third-order valence-corrected chi connectivity index (χ3v) is 0.816. The molecule has 2 unspecified atom stereocenters. The predicted molar refractivity (Wildman–Crippen MR) is 47.9 cm³/mol. The SMILES string of the molecule is C.[2H]C(C)CC.[2H]C(C)CC. The van der Waals surface area contributed by atoms with Gasteiger partial charge in [0.2, 0.25) is 0 Å². The summed E-state index contributed by atoms with van der Waals surface area (Å²) < 4.78 is 13.7. The van der Waals surface area contributed by atoms with Crippen molar-refractivity contribution in [1.82, 2.24) is 0 Å². The number of hydrogen-bond acceptors (Lipinski definition) is 0. The summed E-state index contributed by atoms with van der Waals surface area (Å²) in [4.78, 5) is 0. The van der Waals surface area contributed by atoms with Gasteiger partial charge >= 0.3 is 0 Å². The minimum Gasteiger partial charge on any atom is -0.0776 e. The van der Waals surface area contributed by atoms with Crippen LogP contribution in [0.1, 0.15) is 63.5 Å². The summed E-state index contributed by atoms with van der Waals surface area (Å²) in [6.07, 6.45) is 2.21. The first-order valence-electron chi connectivity index (χ1n) is 4.54.